The Hall–Kier alpha value is -1.95. The molecule has 1 aromatic carbocycles. The normalized spacial score (nSPS) is 12.1. The molecule has 1 atom stereocenters. The summed E-state index contributed by atoms with van der Waals surface area (Å²) >= 11 is 1.60. The third-order valence-corrected chi connectivity index (χ3v) is 3.94. The van der Waals surface area contributed by atoms with E-state index in [-0.39, 0.29) is 11.7 Å². The van der Waals surface area contributed by atoms with E-state index in [0.29, 0.717) is 5.69 Å². The van der Waals surface area contributed by atoms with Crippen molar-refractivity contribution in [2.24, 2.45) is 0 Å². The van der Waals surface area contributed by atoms with Gasteiger partial charge in [0.05, 0.1) is 17.0 Å². The van der Waals surface area contributed by atoms with Crippen LogP contribution in [0.5, 0.6) is 0 Å². The smallest absolute Gasteiger partial charge is 0.295 e. The zero-order valence-electron chi connectivity index (χ0n) is 11.0. The molecule has 0 saturated heterocycles. The second-order valence-electron chi connectivity index (χ2n) is 4.42. The molecule has 4 nitrogen and oxygen atoms in total. The number of thiophene rings is 1. The molecule has 1 unspecified atom stereocenters. The quantitative estimate of drug-likeness (QED) is 0.618. The number of hydrogen-bond acceptors (Lipinski definition) is 4. The summed E-state index contributed by atoms with van der Waals surface area (Å²) in [6.45, 7) is 2.06. The van der Waals surface area contributed by atoms with E-state index in [1.807, 2.05) is 17.5 Å². The first-order valence-electron chi connectivity index (χ1n) is 6.35. The predicted molar refractivity (Wildman–Crippen MR) is 78.6 cm³/mol. The second-order valence-corrected chi connectivity index (χ2v) is 5.40. The molecule has 106 valence electrons. The van der Waals surface area contributed by atoms with Gasteiger partial charge in [0.15, 0.2) is 0 Å². The Labute approximate surface area is 120 Å². The monoisotopic (exact) mass is 294 g/mol. The fourth-order valence-electron chi connectivity index (χ4n) is 2.03. The van der Waals surface area contributed by atoms with Crippen LogP contribution in [0.4, 0.5) is 15.8 Å². The lowest BCUT2D eigenvalue weighted by atomic mass is 10.1. The molecule has 1 heterocycles. The molecule has 1 aromatic heterocycles. The summed E-state index contributed by atoms with van der Waals surface area (Å²) < 4.78 is 13.1. The number of halogens is 1. The van der Waals surface area contributed by atoms with E-state index in [4.69, 9.17) is 0 Å². The highest BCUT2D eigenvalue weighted by molar-refractivity contribution is 7.10. The van der Waals surface area contributed by atoms with Gasteiger partial charge in [-0.2, -0.15) is 0 Å². The molecule has 2 rings (SSSR count). The van der Waals surface area contributed by atoms with Crippen molar-refractivity contribution in [1.29, 1.82) is 0 Å². The third kappa shape index (κ3) is 3.33. The summed E-state index contributed by atoms with van der Waals surface area (Å²) in [6, 6.07) is 7.54. The molecule has 0 saturated carbocycles. The Morgan fingerprint density at radius 2 is 2.25 bits per heavy atom. The number of nitro benzene ring substituents is 1. The lowest BCUT2D eigenvalue weighted by molar-refractivity contribution is -0.384. The number of hydrogen-bond donors (Lipinski definition) is 1. The standard InChI is InChI=1S/C14H15FN2O2S/c1-2-4-12(14-5-3-8-20-14)16-11-7-6-10(15)9-13(11)17(18)19/h3,5-9,12,16H,2,4H2,1H3. The van der Waals surface area contributed by atoms with E-state index in [2.05, 4.69) is 12.2 Å². The second kappa shape index (κ2) is 6.47. The van der Waals surface area contributed by atoms with E-state index < -0.39 is 10.7 Å². The average Bonchev–Trinajstić information content (AvgIpc) is 2.93. The van der Waals surface area contributed by atoms with Crippen molar-refractivity contribution >= 4 is 22.7 Å². The maximum Gasteiger partial charge on any atom is 0.295 e. The predicted octanol–water partition coefficient (Wildman–Crippen LogP) is 4.75. The molecule has 6 heteroatoms. The highest BCUT2D eigenvalue weighted by Crippen LogP contribution is 2.32. The van der Waals surface area contributed by atoms with Crippen LogP contribution in [0.1, 0.15) is 30.7 Å². The van der Waals surface area contributed by atoms with Crippen molar-refractivity contribution in [1.82, 2.24) is 0 Å². The number of rotatable bonds is 6. The maximum atomic E-state index is 13.1. The third-order valence-electron chi connectivity index (χ3n) is 2.95. The van der Waals surface area contributed by atoms with Crippen molar-refractivity contribution in [2.45, 2.75) is 25.8 Å². The van der Waals surface area contributed by atoms with Gasteiger partial charge in [0.1, 0.15) is 11.5 Å². The van der Waals surface area contributed by atoms with Crippen LogP contribution in [0.15, 0.2) is 35.7 Å². The van der Waals surface area contributed by atoms with Crippen LogP contribution in [-0.4, -0.2) is 4.92 Å². The highest BCUT2D eigenvalue weighted by Gasteiger charge is 2.19. The van der Waals surface area contributed by atoms with Gasteiger partial charge in [-0.25, -0.2) is 4.39 Å². The Bertz CT molecular complexity index is 587. The molecule has 1 N–H and O–H groups in total. The minimum atomic E-state index is -0.606. The van der Waals surface area contributed by atoms with Crippen LogP contribution in [0.3, 0.4) is 0 Å². The van der Waals surface area contributed by atoms with E-state index in [1.54, 1.807) is 11.3 Å². The minimum absolute atomic E-state index is 0.00385. The molecule has 0 amide bonds. The number of nitrogens with zero attached hydrogens (tertiary/aromatic N) is 1. The molecule has 0 bridgehead atoms. The van der Waals surface area contributed by atoms with Crippen molar-refractivity contribution in [3.63, 3.8) is 0 Å². The summed E-state index contributed by atoms with van der Waals surface area (Å²) in [5.74, 6) is -0.606. The molecular formula is C14H15FN2O2S. The van der Waals surface area contributed by atoms with E-state index in [0.717, 1.165) is 23.8 Å². The van der Waals surface area contributed by atoms with Gasteiger partial charge >= 0.3 is 0 Å². The molecule has 0 spiro atoms. The summed E-state index contributed by atoms with van der Waals surface area (Å²) in [6.07, 6.45) is 1.81. The number of benzene rings is 1. The topological polar surface area (TPSA) is 55.2 Å². The summed E-state index contributed by atoms with van der Waals surface area (Å²) in [5, 5.41) is 16.1. The van der Waals surface area contributed by atoms with Crippen LogP contribution in [-0.2, 0) is 0 Å². The van der Waals surface area contributed by atoms with Gasteiger partial charge in [-0.1, -0.05) is 19.4 Å². The molecule has 0 aliphatic heterocycles. The van der Waals surface area contributed by atoms with Crippen LogP contribution >= 0.6 is 11.3 Å². The first-order chi connectivity index (χ1) is 9.61. The molecule has 0 fully saturated rings. The fourth-order valence-corrected chi connectivity index (χ4v) is 2.84. The number of nitrogens with one attached hydrogen (secondary N) is 1. The van der Waals surface area contributed by atoms with Gasteiger partial charge in [-0.3, -0.25) is 10.1 Å². The van der Waals surface area contributed by atoms with Gasteiger partial charge in [-0.05, 0) is 30.0 Å². The van der Waals surface area contributed by atoms with Crippen LogP contribution in [0.2, 0.25) is 0 Å². The van der Waals surface area contributed by atoms with Gasteiger partial charge in [-0.15, -0.1) is 11.3 Å². The van der Waals surface area contributed by atoms with Crippen molar-refractivity contribution in [3.8, 4) is 0 Å². The fraction of sp³-hybridized carbons (Fsp3) is 0.286. The van der Waals surface area contributed by atoms with Gasteiger partial charge in [0.25, 0.3) is 5.69 Å². The first-order valence-corrected chi connectivity index (χ1v) is 7.23. The molecule has 0 aliphatic carbocycles. The van der Waals surface area contributed by atoms with Gasteiger partial charge < -0.3 is 5.32 Å². The van der Waals surface area contributed by atoms with E-state index in [9.17, 15) is 14.5 Å². The largest absolute Gasteiger partial charge is 0.372 e. The highest BCUT2D eigenvalue weighted by atomic mass is 32.1. The number of nitro groups is 1. The lowest BCUT2D eigenvalue weighted by Crippen LogP contribution is -2.10. The Balaban J connectivity index is 2.29. The molecule has 0 radical (unpaired) electrons. The van der Waals surface area contributed by atoms with Crippen LogP contribution in [0.25, 0.3) is 0 Å². The summed E-state index contributed by atoms with van der Waals surface area (Å²) in [7, 11) is 0. The van der Waals surface area contributed by atoms with Crippen molar-refractivity contribution < 1.29 is 9.31 Å². The average molecular weight is 294 g/mol. The molecule has 20 heavy (non-hydrogen) atoms. The molecular weight excluding hydrogens is 279 g/mol. The summed E-state index contributed by atoms with van der Waals surface area (Å²) in [4.78, 5) is 11.6. The lowest BCUT2D eigenvalue weighted by Gasteiger charge is -2.18. The van der Waals surface area contributed by atoms with E-state index >= 15 is 0 Å². The van der Waals surface area contributed by atoms with Crippen molar-refractivity contribution in [2.75, 3.05) is 5.32 Å². The minimum Gasteiger partial charge on any atom is -0.372 e. The molecule has 2 aromatic rings. The Morgan fingerprint density at radius 1 is 1.45 bits per heavy atom. The van der Waals surface area contributed by atoms with Crippen LogP contribution < -0.4 is 5.32 Å². The van der Waals surface area contributed by atoms with E-state index in [1.165, 1.54) is 12.1 Å². The molecule has 0 aliphatic rings. The zero-order valence-corrected chi connectivity index (χ0v) is 11.8. The summed E-state index contributed by atoms with van der Waals surface area (Å²) in [5.41, 5.74) is 0.117. The Morgan fingerprint density at radius 3 is 2.85 bits per heavy atom. The maximum absolute atomic E-state index is 13.1. The first kappa shape index (κ1) is 14.5. The SMILES string of the molecule is CCCC(Nc1ccc(F)cc1[N+](=O)[O-])c1cccs1. The van der Waals surface area contributed by atoms with Gasteiger partial charge in [0, 0.05) is 4.88 Å². The van der Waals surface area contributed by atoms with Gasteiger partial charge in [0.2, 0.25) is 0 Å². The zero-order chi connectivity index (χ0) is 14.5. The van der Waals surface area contributed by atoms with Crippen LogP contribution in [0, 0.1) is 15.9 Å². The number of anilines is 1. The van der Waals surface area contributed by atoms with Crippen molar-refractivity contribution in [3.05, 3.63) is 56.5 Å². The Kier molecular flexibility index (Phi) is 4.68.